The predicted octanol–water partition coefficient (Wildman–Crippen LogP) is 2.69. The number of hydrogen-bond acceptors (Lipinski definition) is 6. The number of para-hydroxylation sites is 1. The minimum atomic E-state index is -3.60. The van der Waals surface area contributed by atoms with Gasteiger partial charge in [-0.15, -0.1) is 0 Å². The van der Waals surface area contributed by atoms with Crippen LogP contribution >= 0.6 is 0 Å². The van der Waals surface area contributed by atoms with E-state index < -0.39 is 10.0 Å². The number of rotatable bonds is 3. The molecular formula is C21H19N5O2S. The molecule has 2 aromatic carbocycles. The highest BCUT2D eigenvalue weighted by atomic mass is 32.2. The molecule has 0 aliphatic carbocycles. The van der Waals surface area contributed by atoms with Gasteiger partial charge in [0.05, 0.1) is 11.0 Å². The lowest BCUT2D eigenvalue weighted by atomic mass is 10.2. The molecule has 0 N–H and O–H groups in total. The van der Waals surface area contributed by atoms with Crippen molar-refractivity contribution in [3.63, 3.8) is 0 Å². The van der Waals surface area contributed by atoms with Gasteiger partial charge in [-0.2, -0.15) is 4.31 Å². The van der Waals surface area contributed by atoms with Crippen molar-refractivity contribution in [3.8, 4) is 0 Å². The average molecular weight is 405 g/mol. The van der Waals surface area contributed by atoms with Crippen molar-refractivity contribution in [2.24, 2.45) is 0 Å². The van der Waals surface area contributed by atoms with Crippen LogP contribution in [-0.2, 0) is 10.0 Å². The van der Waals surface area contributed by atoms with Crippen LogP contribution < -0.4 is 4.90 Å². The normalized spacial score (nSPS) is 15.8. The second kappa shape index (κ2) is 7.06. The Morgan fingerprint density at radius 2 is 1.69 bits per heavy atom. The third kappa shape index (κ3) is 3.20. The Labute approximate surface area is 168 Å². The maximum atomic E-state index is 13.3. The van der Waals surface area contributed by atoms with E-state index in [9.17, 15) is 8.42 Å². The Morgan fingerprint density at radius 3 is 2.55 bits per heavy atom. The summed E-state index contributed by atoms with van der Waals surface area (Å²) >= 11 is 0. The van der Waals surface area contributed by atoms with Crippen molar-refractivity contribution >= 4 is 37.5 Å². The molecule has 2 aromatic heterocycles. The number of anilines is 1. The molecule has 0 atom stereocenters. The lowest BCUT2D eigenvalue weighted by molar-refractivity contribution is 0.385. The summed E-state index contributed by atoms with van der Waals surface area (Å²) in [4.78, 5) is 15.1. The summed E-state index contributed by atoms with van der Waals surface area (Å²) in [5.41, 5.74) is 2.47. The molecule has 8 heteroatoms. The van der Waals surface area contributed by atoms with Crippen molar-refractivity contribution in [2.45, 2.75) is 4.90 Å². The molecule has 0 spiro atoms. The largest absolute Gasteiger partial charge is 0.369 e. The molecule has 7 nitrogen and oxygen atoms in total. The van der Waals surface area contributed by atoms with Crippen LogP contribution in [0.25, 0.3) is 21.8 Å². The van der Waals surface area contributed by atoms with Crippen LogP contribution in [0.3, 0.4) is 0 Å². The van der Waals surface area contributed by atoms with Gasteiger partial charge in [0.2, 0.25) is 10.0 Å². The van der Waals surface area contributed by atoms with Crippen molar-refractivity contribution in [3.05, 3.63) is 67.3 Å². The molecule has 0 radical (unpaired) electrons. The Hall–Kier alpha value is -3.10. The summed E-state index contributed by atoms with van der Waals surface area (Å²) in [6.45, 7) is 2.09. The van der Waals surface area contributed by atoms with E-state index in [-0.39, 0.29) is 4.90 Å². The van der Waals surface area contributed by atoms with Crippen molar-refractivity contribution in [2.75, 3.05) is 31.1 Å². The smallest absolute Gasteiger partial charge is 0.245 e. The molecule has 0 unspecified atom stereocenters. The average Bonchev–Trinajstić information content (AvgIpc) is 2.78. The first-order valence-electron chi connectivity index (χ1n) is 9.41. The molecule has 4 aromatic rings. The zero-order valence-corrected chi connectivity index (χ0v) is 16.5. The Balaban J connectivity index is 1.39. The van der Waals surface area contributed by atoms with E-state index in [0.717, 1.165) is 22.0 Å². The monoisotopic (exact) mass is 405 g/mol. The van der Waals surface area contributed by atoms with Crippen molar-refractivity contribution < 1.29 is 8.42 Å². The van der Waals surface area contributed by atoms with E-state index in [1.54, 1.807) is 28.8 Å². The fourth-order valence-corrected chi connectivity index (χ4v) is 5.37. The fourth-order valence-electron chi connectivity index (χ4n) is 3.78. The fraction of sp³-hybridized carbons (Fsp3) is 0.190. The Morgan fingerprint density at radius 1 is 0.862 bits per heavy atom. The summed E-state index contributed by atoms with van der Waals surface area (Å²) in [6, 6.07) is 15.0. The van der Waals surface area contributed by atoms with Gasteiger partial charge in [-0.05, 0) is 30.3 Å². The molecule has 5 rings (SSSR count). The van der Waals surface area contributed by atoms with E-state index in [0.29, 0.717) is 31.7 Å². The van der Waals surface area contributed by atoms with Gasteiger partial charge in [-0.1, -0.05) is 18.2 Å². The molecule has 1 saturated heterocycles. The predicted molar refractivity (Wildman–Crippen MR) is 112 cm³/mol. The van der Waals surface area contributed by atoms with Crippen LogP contribution in [-0.4, -0.2) is 53.9 Å². The highest BCUT2D eigenvalue weighted by Crippen LogP contribution is 2.27. The number of pyridine rings is 1. The van der Waals surface area contributed by atoms with Crippen LogP contribution in [0.5, 0.6) is 0 Å². The van der Waals surface area contributed by atoms with Gasteiger partial charge in [0.15, 0.2) is 0 Å². The van der Waals surface area contributed by atoms with E-state index in [4.69, 9.17) is 0 Å². The second-order valence-corrected chi connectivity index (χ2v) is 8.89. The topological polar surface area (TPSA) is 79.3 Å². The molecule has 0 amide bonds. The zero-order valence-electron chi connectivity index (χ0n) is 15.6. The van der Waals surface area contributed by atoms with Gasteiger partial charge < -0.3 is 4.90 Å². The lowest BCUT2D eigenvalue weighted by Crippen LogP contribution is -2.48. The highest BCUT2D eigenvalue weighted by molar-refractivity contribution is 7.89. The number of nitrogens with zero attached hydrogens (tertiary/aromatic N) is 5. The summed E-state index contributed by atoms with van der Waals surface area (Å²) in [7, 11) is -3.60. The van der Waals surface area contributed by atoms with Gasteiger partial charge in [0, 0.05) is 55.0 Å². The lowest BCUT2D eigenvalue weighted by Gasteiger charge is -2.35. The maximum Gasteiger partial charge on any atom is 0.245 e. The third-order valence-corrected chi connectivity index (χ3v) is 7.24. The third-order valence-electron chi connectivity index (χ3n) is 5.31. The zero-order chi connectivity index (χ0) is 19.8. The molecule has 0 saturated carbocycles. The number of fused-ring (bicyclic) bond motifs is 2. The Kier molecular flexibility index (Phi) is 4.37. The number of piperazine rings is 1. The minimum Gasteiger partial charge on any atom is -0.369 e. The van der Waals surface area contributed by atoms with E-state index in [2.05, 4.69) is 19.9 Å². The van der Waals surface area contributed by atoms with Crippen molar-refractivity contribution in [1.82, 2.24) is 19.3 Å². The molecule has 146 valence electrons. The van der Waals surface area contributed by atoms with Crippen LogP contribution in [0.2, 0.25) is 0 Å². The van der Waals surface area contributed by atoms with Crippen LogP contribution in [0.15, 0.2) is 72.1 Å². The number of aromatic nitrogens is 3. The SMILES string of the molecule is O=S(=O)(c1cccc2cccnc12)N1CCN(c2ccc3ncncc3c2)CC1. The quantitative estimate of drug-likeness (QED) is 0.521. The maximum absolute atomic E-state index is 13.3. The Bertz CT molecular complexity index is 1300. The van der Waals surface area contributed by atoms with E-state index in [1.807, 2.05) is 36.4 Å². The van der Waals surface area contributed by atoms with Gasteiger partial charge in [0.25, 0.3) is 0 Å². The van der Waals surface area contributed by atoms with Crippen molar-refractivity contribution in [1.29, 1.82) is 0 Å². The second-order valence-electron chi connectivity index (χ2n) is 6.99. The first kappa shape index (κ1) is 18.0. The number of hydrogen-bond donors (Lipinski definition) is 0. The molecule has 29 heavy (non-hydrogen) atoms. The highest BCUT2D eigenvalue weighted by Gasteiger charge is 2.30. The van der Waals surface area contributed by atoms with Gasteiger partial charge in [0.1, 0.15) is 11.2 Å². The first-order valence-corrected chi connectivity index (χ1v) is 10.9. The van der Waals surface area contributed by atoms with Gasteiger partial charge in [-0.25, -0.2) is 18.4 Å². The molecule has 1 fully saturated rings. The molecule has 1 aliphatic rings. The van der Waals surface area contributed by atoms with Crippen LogP contribution in [0.1, 0.15) is 0 Å². The first-order chi connectivity index (χ1) is 14.1. The van der Waals surface area contributed by atoms with Gasteiger partial charge in [-0.3, -0.25) is 4.98 Å². The molecule has 1 aliphatic heterocycles. The molecule has 3 heterocycles. The standard InChI is InChI=1S/C21H19N5O2S/c27-29(28,20-5-1-3-16-4-2-8-23-21(16)20)26-11-9-25(10-12-26)18-6-7-19-17(13-18)14-22-15-24-19/h1-8,13-15H,9-12H2. The van der Waals surface area contributed by atoms with E-state index >= 15 is 0 Å². The summed E-state index contributed by atoms with van der Waals surface area (Å²) < 4.78 is 28.1. The van der Waals surface area contributed by atoms with Gasteiger partial charge >= 0.3 is 0 Å². The van der Waals surface area contributed by atoms with E-state index in [1.165, 1.54) is 6.33 Å². The number of benzene rings is 2. The van der Waals surface area contributed by atoms with Crippen LogP contribution in [0, 0.1) is 0 Å². The molecular weight excluding hydrogens is 386 g/mol. The van der Waals surface area contributed by atoms with Crippen LogP contribution in [0.4, 0.5) is 5.69 Å². The summed E-state index contributed by atoms with van der Waals surface area (Å²) in [6.07, 6.45) is 4.95. The summed E-state index contributed by atoms with van der Waals surface area (Å²) in [5, 5.41) is 1.80. The number of sulfonamides is 1. The molecule has 0 bridgehead atoms. The minimum absolute atomic E-state index is 0.270. The summed E-state index contributed by atoms with van der Waals surface area (Å²) in [5.74, 6) is 0.